The van der Waals surface area contributed by atoms with Gasteiger partial charge in [0.2, 0.25) is 0 Å². The van der Waals surface area contributed by atoms with Gasteiger partial charge in [0, 0.05) is 18.7 Å². The van der Waals surface area contributed by atoms with Gasteiger partial charge in [0.05, 0.1) is 36.5 Å². The number of furan rings is 1. The molecule has 0 spiro atoms. The molecule has 3 amide bonds. The second-order valence-corrected chi connectivity index (χ2v) is 7.38. The lowest BCUT2D eigenvalue weighted by Gasteiger charge is -2.31. The number of hydrogen-bond donors (Lipinski definition) is 0. The van der Waals surface area contributed by atoms with E-state index in [1.165, 1.54) is 18.4 Å². The Labute approximate surface area is 173 Å². The number of piperidine rings is 1. The number of ether oxygens (including phenoxy) is 1. The maximum absolute atomic E-state index is 13.0. The van der Waals surface area contributed by atoms with Crippen molar-refractivity contribution in [2.24, 2.45) is 5.92 Å². The Morgan fingerprint density at radius 3 is 2.70 bits per heavy atom. The van der Waals surface area contributed by atoms with E-state index in [0.717, 1.165) is 4.90 Å². The molecular formula is C22H22N2O6. The van der Waals surface area contributed by atoms with Crippen molar-refractivity contribution < 1.29 is 28.3 Å². The van der Waals surface area contributed by atoms with Gasteiger partial charge >= 0.3 is 5.97 Å². The number of carbonyl (C=O) groups is 4. The minimum Gasteiger partial charge on any atom is -0.467 e. The summed E-state index contributed by atoms with van der Waals surface area (Å²) < 4.78 is 10.3. The average molecular weight is 410 g/mol. The highest BCUT2D eigenvalue weighted by atomic mass is 16.5. The number of hydrogen-bond acceptors (Lipinski definition) is 6. The summed E-state index contributed by atoms with van der Waals surface area (Å²) in [6, 6.07) is 7.91. The molecule has 0 N–H and O–H groups in total. The number of amides is 3. The topological polar surface area (TPSA) is 97.1 Å². The molecule has 0 unspecified atom stereocenters. The Morgan fingerprint density at radius 1 is 1.17 bits per heavy atom. The molecule has 30 heavy (non-hydrogen) atoms. The predicted molar refractivity (Wildman–Crippen MR) is 105 cm³/mol. The van der Waals surface area contributed by atoms with E-state index < -0.39 is 11.8 Å². The Hall–Kier alpha value is -3.42. The molecule has 1 aromatic carbocycles. The molecule has 2 aliphatic rings. The Bertz CT molecular complexity index is 997. The zero-order valence-corrected chi connectivity index (χ0v) is 16.6. The van der Waals surface area contributed by atoms with Gasteiger partial charge in [0.15, 0.2) is 0 Å². The summed E-state index contributed by atoms with van der Waals surface area (Å²) in [6.07, 6.45) is 2.86. The van der Waals surface area contributed by atoms with Crippen molar-refractivity contribution in [1.29, 1.82) is 0 Å². The van der Waals surface area contributed by atoms with Crippen LogP contribution in [0.2, 0.25) is 0 Å². The number of imide groups is 1. The van der Waals surface area contributed by atoms with Crippen molar-refractivity contribution >= 4 is 23.7 Å². The summed E-state index contributed by atoms with van der Waals surface area (Å²) in [4.78, 5) is 53.1. The van der Waals surface area contributed by atoms with Crippen LogP contribution < -0.4 is 0 Å². The molecule has 0 saturated carbocycles. The van der Waals surface area contributed by atoms with Crippen LogP contribution in [-0.2, 0) is 16.1 Å². The van der Waals surface area contributed by atoms with Crippen LogP contribution in [0.5, 0.6) is 0 Å². The highest BCUT2D eigenvalue weighted by molar-refractivity contribution is 6.22. The standard InChI is InChI=1S/C22H22N2O6/c1-2-29-22(28)15-5-3-9-23(12-15)19(25)14-7-8-17-18(11-14)21(27)24(20(17)26)13-16-6-4-10-30-16/h4,6-8,10-11,15H,2-3,5,9,12-13H2,1H3/t15-/m1/s1. The van der Waals surface area contributed by atoms with E-state index in [-0.39, 0.29) is 42.0 Å². The van der Waals surface area contributed by atoms with Crippen molar-refractivity contribution in [3.63, 3.8) is 0 Å². The maximum Gasteiger partial charge on any atom is 0.310 e. The van der Waals surface area contributed by atoms with E-state index in [4.69, 9.17) is 9.15 Å². The fraction of sp³-hybridized carbons (Fsp3) is 0.364. The average Bonchev–Trinajstić information content (AvgIpc) is 3.36. The summed E-state index contributed by atoms with van der Waals surface area (Å²) in [6.45, 7) is 2.91. The van der Waals surface area contributed by atoms with Crippen molar-refractivity contribution in [3.8, 4) is 0 Å². The molecule has 0 aliphatic carbocycles. The number of rotatable bonds is 5. The second-order valence-electron chi connectivity index (χ2n) is 7.38. The Morgan fingerprint density at radius 2 is 1.97 bits per heavy atom. The lowest BCUT2D eigenvalue weighted by molar-refractivity contribution is -0.149. The molecule has 1 fully saturated rings. The van der Waals surface area contributed by atoms with Gasteiger partial charge in [-0.25, -0.2) is 0 Å². The first-order valence-corrected chi connectivity index (χ1v) is 9.98. The number of esters is 1. The molecule has 0 bridgehead atoms. The van der Waals surface area contributed by atoms with Crippen molar-refractivity contribution in [2.45, 2.75) is 26.3 Å². The zero-order valence-electron chi connectivity index (χ0n) is 16.6. The van der Waals surface area contributed by atoms with Crippen LogP contribution in [-0.4, -0.2) is 53.2 Å². The van der Waals surface area contributed by atoms with E-state index in [9.17, 15) is 19.2 Å². The highest BCUT2D eigenvalue weighted by Crippen LogP contribution is 2.27. The highest BCUT2D eigenvalue weighted by Gasteiger charge is 2.37. The van der Waals surface area contributed by atoms with Gasteiger partial charge in [-0.2, -0.15) is 0 Å². The van der Waals surface area contributed by atoms with Gasteiger partial charge in [-0.3, -0.25) is 24.1 Å². The quantitative estimate of drug-likeness (QED) is 0.555. The van der Waals surface area contributed by atoms with Crippen molar-refractivity contribution in [2.75, 3.05) is 19.7 Å². The van der Waals surface area contributed by atoms with Crippen LogP contribution in [0.1, 0.15) is 56.6 Å². The predicted octanol–water partition coefficient (Wildman–Crippen LogP) is 2.49. The molecule has 4 rings (SSSR count). The van der Waals surface area contributed by atoms with E-state index in [0.29, 0.717) is 37.3 Å². The number of carbonyl (C=O) groups excluding carboxylic acids is 4. The second kappa shape index (κ2) is 8.14. The fourth-order valence-corrected chi connectivity index (χ4v) is 3.92. The monoisotopic (exact) mass is 410 g/mol. The summed E-state index contributed by atoms with van der Waals surface area (Å²) in [5.74, 6) is -1.27. The number of likely N-dealkylation sites (tertiary alicyclic amines) is 1. The normalized spacial score (nSPS) is 18.5. The van der Waals surface area contributed by atoms with Gasteiger partial charge in [0.25, 0.3) is 17.7 Å². The van der Waals surface area contributed by atoms with E-state index in [1.807, 2.05) is 0 Å². The van der Waals surface area contributed by atoms with Gasteiger partial charge in [-0.1, -0.05) is 0 Å². The Kier molecular flexibility index (Phi) is 5.39. The van der Waals surface area contributed by atoms with Gasteiger partial charge < -0.3 is 14.1 Å². The number of nitrogens with zero attached hydrogens (tertiary/aromatic N) is 2. The molecule has 8 heteroatoms. The molecule has 0 radical (unpaired) electrons. The number of fused-ring (bicyclic) bond motifs is 1. The third-order valence-electron chi connectivity index (χ3n) is 5.44. The van der Waals surface area contributed by atoms with Gasteiger partial charge in [-0.15, -0.1) is 0 Å². The van der Waals surface area contributed by atoms with Crippen LogP contribution in [0, 0.1) is 5.92 Å². The summed E-state index contributed by atoms with van der Waals surface area (Å²) >= 11 is 0. The van der Waals surface area contributed by atoms with E-state index in [2.05, 4.69) is 0 Å². The lowest BCUT2D eigenvalue weighted by atomic mass is 9.97. The minimum atomic E-state index is -0.455. The Balaban J connectivity index is 1.52. The smallest absolute Gasteiger partial charge is 0.310 e. The summed E-state index contributed by atoms with van der Waals surface area (Å²) in [7, 11) is 0. The molecule has 1 aromatic heterocycles. The molecule has 1 saturated heterocycles. The van der Waals surface area contributed by atoms with E-state index >= 15 is 0 Å². The first-order chi connectivity index (χ1) is 14.5. The summed E-state index contributed by atoms with van der Waals surface area (Å²) in [5.41, 5.74) is 0.793. The zero-order chi connectivity index (χ0) is 21.3. The molecule has 2 aliphatic heterocycles. The fourth-order valence-electron chi connectivity index (χ4n) is 3.92. The van der Waals surface area contributed by atoms with Crippen molar-refractivity contribution in [3.05, 3.63) is 59.0 Å². The van der Waals surface area contributed by atoms with Crippen LogP contribution in [0.4, 0.5) is 0 Å². The molecule has 3 heterocycles. The summed E-state index contributed by atoms with van der Waals surface area (Å²) in [5, 5.41) is 0. The van der Waals surface area contributed by atoms with E-state index in [1.54, 1.807) is 30.0 Å². The largest absolute Gasteiger partial charge is 0.467 e. The van der Waals surface area contributed by atoms with Crippen LogP contribution in [0.3, 0.4) is 0 Å². The maximum atomic E-state index is 13.0. The van der Waals surface area contributed by atoms with Crippen LogP contribution in [0.25, 0.3) is 0 Å². The molecule has 2 aromatic rings. The third kappa shape index (κ3) is 3.60. The van der Waals surface area contributed by atoms with Crippen molar-refractivity contribution in [1.82, 2.24) is 9.80 Å². The molecule has 156 valence electrons. The van der Waals surface area contributed by atoms with Gasteiger partial charge in [0.1, 0.15) is 5.76 Å². The number of benzene rings is 1. The SMILES string of the molecule is CCOC(=O)[C@@H]1CCCN(C(=O)c2ccc3c(c2)C(=O)N(Cc2ccco2)C3=O)C1. The first-order valence-electron chi connectivity index (χ1n) is 9.98. The third-order valence-corrected chi connectivity index (χ3v) is 5.44. The minimum absolute atomic E-state index is 0.0377. The molecule has 8 nitrogen and oxygen atoms in total. The molecular weight excluding hydrogens is 388 g/mol. The first kappa shape index (κ1) is 19.9. The van der Waals surface area contributed by atoms with Crippen LogP contribution >= 0.6 is 0 Å². The van der Waals surface area contributed by atoms with Crippen LogP contribution in [0.15, 0.2) is 41.0 Å². The lowest BCUT2D eigenvalue weighted by Crippen LogP contribution is -2.42. The molecule has 1 atom stereocenters. The van der Waals surface area contributed by atoms with Gasteiger partial charge in [-0.05, 0) is 50.1 Å².